The standard InChI is InChI=1S/C13H18ClN3O/c1-13(2)5-4-6-17(13)12(18)9-7-10(14)16-11(8-9)15-3/h7-8H,4-6H2,1-3H3,(H,15,16). The average molecular weight is 268 g/mol. The first-order valence-corrected chi connectivity index (χ1v) is 6.49. The van der Waals surface area contributed by atoms with Gasteiger partial charge >= 0.3 is 0 Å². The lowest BCUT2D eigenvalue weighted by Gasteiger charge is -2.31. The number of aromatic nitrogens is 1. The molecule has 0 saturated carbocycles. The number of hydrogen-bond donors (Lipinski definition) is 1. The Morgan fingerprint density at radius 1 is 1.50 bits per heavy atom. The molecule has 0 aliphatic carbocycles. The van der Waals surface area contributed by atoms with Crippen molar-refractivity contribution in [1.29, 1.82) is 0 Å². The number of halogens is 1. The van der Waals surface area contributed by atoms with Crippen LogP contribution >= 0.6 is 11.6 Å². The maximum Gasteiger partial charge on any atom is 0.254 e. The van der Waals surface area contributed by atoms with Gasteiger partial charge in [-0.3, -0.25) is 4.79 Å². The van der Waals surface area contributed by atoms with Crippen molar-refractivity contribution in [2.45, 2.75) is 32.2 Å². The van der Waals surface area contributed by atoms with Crippen LogP contribution in [0, 0.1) is 0 Å². The second-order valence-electron chi connectivity index (χ2n) is 5.19. The Kier molecular flexibility index (Phi) is 3.48. The number of nitrogens with zero attached hydrogens (tertiary/aromatic N) is 2. The summed E-state index contributed by atoms with van der Waals surface area (Å²) in [5, 5.41) is 3.24. The van der Waals surface area contributed by atoms with E-state index in [1.807, 2.05) is 4.90 Å². The first kappa shape index (κ1) is 13.1. The van der Waals surface area contributed by atoms with Crippen LogP contribution in [-0.4, -0.2) is 34.9 Å². The van der Waals surface area contributed by atoms with Gasteiger partial charge in [0.1, 0.15) is 11.0 Å². The molecule has 0 aromatic carbocycles. The summed E-state index contributed by atoms with van der Waals surface area (Å²) in [6.45, 7) is 5.00. The smallest absolute Gasteiger partial charge is 0.254 e. The predicted octanol–water partition coefficient (Wildman–Crippen LogP) is 2.79. The van der Waals surface area contributed by atoms with Gasteiger partial charge in [0.25, 0.3) is 5.91 Å². The molecule has 0 spiro atoms. The lowest BCUT2D eigenvalue weighted by Crippen LogP contribution is -2.42. The maximum atomic E-state index is 12.5. The molecule has 2 rings (SSSR count). The third-order valence-electron chi connectivity index (χ3n) is 3.44. The van der Waals surface area contributed by atoms with Crippen molar-refractivity contribution in [2.24, 2.45) is 0 Å². The van der Waals surface area contributed by atoms with Crippen LogP contribution in [0.2, 0.25) is 5.15 Å². The Morgan fingerprint density at radius 3 is 2.78 bits per heavy atom. The van der Waals surface area contributed by atoms with Crippen LogP contribution in [0.5, 0.6) is 0 Å². The monoisotopic (exact) mass is 267 g/mol. The fourth-order valence-electron chi connectivity index (χ4n) is 2.39. The second kappa shape index (κ2) is 4.76. The number of nitrogens with one attached hydrogen (secondary N) is 1. The number of rotatable bonds is 2. The Balaban J connectivity index is 2.31. The van der Waals surface area contributed by atoms with Crippen molar-refractivity contribution in [2.75, 3.05) is 18.9 Å². The maximum absolute atomic E-state index is 12.5. The number of pyridine rings is 1. The van der Waals surface area contributed by atoms with E-state index in [1.165, 1.54) is 0 Å². The van der Waals surface area contributed by atoms with Gasteiger partial charge in [-0.25, -0.2) is 4.98 Å². The van der Waals surface area contributed by atoms with Gasteiger partial charge in [0.15, 0.2) is 0 Å². The van der Waals surface area contributed by atoms with Crippen LogP contribution in [0.3, 0.4) is 0 Å². The SMILES string of the molecule is CNc1cc(C(=O)N2CCCC2(C)C)cc(Cl)n1. The summed E-state index contributed by atoms with van der Waals surface area (Å²) < 4.78 is 0. The molecule has 2 heterocycles. The third kappa shape index (κ3) is 2.43. The van der Waals surface area contributed by atoms with E-state index in [0.29, 0.717) is 16.5 Å². The minimum absolute atomic E-state index is 0.0262. The first-order chi connectivity index (χ1) is 8.44. The third-order valence-corrected chi connectivity index (χ3v) is 3.64. The molecule has 1 amide bonds. The van der Waals surface area contributed by atoms with E-state index in [2.05, 4.69) is 24.1 Å². The summed E-state index contributed by atoms with van der Waals surface area (Å²) in [7, 11) is 1.76. The van der Waals surface area contributed by atoms with E-state index in [4.69, 9.17) is 11.6 Å². The Bertz CT molecular complexity index is 473. The Hall–Kier alpha value is -1.29. The van der Waals surface area contributed by atoms with Gasteiger partial charge in [-0.1, -0.05) is 11.6 Å². The summed E-state index contributed by atoms with van der Waals surface area (Å²) in [4.78, 5) is 18.5. The van der Waals surface area contributed by atoms with Crippen molar-refractivity contribution in [3.05, 3.63) is 22.8 Å². The molecule has 1 aromatic rings. The molecule has 1 fully saturated rings. The van der Waals surface area contributed by atoms with Gasteiger partial charge in [-0.05, 0) is 38.8 Å². The highest BCUT2D eigenvalue weighted by Crippen LogP contribution is 2.30. The molecule has 1 aliphatic rings. The topological polar surface area (TPSA) is 45.2 Å². The van der Waals surface area contributed by atoms with E-state index >= 15 is 0 Å². The summed E-state index contributed by atoms with van der Waals surface area (Å²) in [6.07, 6.45) is 2.09. The Morgan fingerprint density at radius 2 is 2.22 bits per heavy atom. The van der Waals surface area contributed by atoms with Crippen molar-refractivity contribution < 1.29 is 4.79 Å². The van der Waals surface area contributed by atoms with Crippen molar-refractivity contribution in [3.8, 4) is 0 Å². The van der Waals surface area contributed by atoms with Gasteiger partial charge in [0.05, 0.1) is 0 Å². The van der Waals surface area contributed by atoms with Gasteiger partial charge in [-0.2, -0.15) is 0 Å². The minimum atomic E-state index is -0.0767. The number of amides is 1. The fourth-order valence-corrected chi connectivity index (χ4v) is 2.60. The Labute approximate surface area is 112 Å². The van der Waals surface area contributed by atoms with Crippen molar-refractivity contribution >= 4 is 23.3 Å². The van der Waals surface area contributed by atoms with E-state index < -0.39 is 0 Å². The highest BCUT2D eigenvalue weighted by molar-refractivity contribution is 6.29. The van der Waals surface area contributed by atoms with E-state index in [9.17, 15) is 4.79 Å². The number of anilines is 1. The van der Waals surface area contributed by atoms with Crippen LogP contribution in [0.25, 0.3) is 0 Å². The van der Waals surface area contributed by atoms with Crippen LogP contribution in [-0.2, 0) is 0 Å². The molecule has 1 saturated heterocycles. The van der Waals surface area contributed by atoms with Crippen LogP contribution in [0.4, 0.5) is 5.82 Å². The zero-order chi connectivity index (χ0) is 13.3. The molecule has 4 nitrogen and oxygen atoms in total. The molecule has 98 valence electrons. The molecule has 1 aromatic heterocycles. The van der Waals surface area contributed by atoms with Crippen molar-refractivity contribution in [3.63, 3.8) is 0 Å². The normalized spacial score (nSPS) is 17.9. The zero-order valence-corrected chi connectivity index (χ0v) is 11.7. The van der Waals surface area contributed by atoms with Crippen LogP contribution in [0.15, 0.2) is 12.1 Å². The minimum Gasteiger partial charge on any atom is -0.373 e. The van der Waals surface area contributed by atoms with Gasteiger partial charge in [-0.15, -0.1) is 0 Å². The van der Waals surface area contributed by atoms with Gasteiger partial charge < -0.3 is 10.2 Å². The summed E-state index contributed by atoms with van der Waals surface area (Å²) >= 11 is 5.93. The summed E-state index contributed by atoms with van der Waals surface area (Å²) in [5.74, 6) is 0.640. The largest absolute Gasteiger partial charge is 0.373 e. The van der Waals surface area contributed by atoms with E-state index in [-0.39, 0.29) is 11.4 Å². The van der Waals surface area contributed by atoms with Gasteiger partial charge in [0.2, 0.25) is 0 Å². The van der Waals surface area contributed by atoms with Crippen LogP contribution < -0.4 is 5.32 Å². The molecular weight excluding hydrogens is 250 g/mol. The molecule has 0 bridgehead atoms. The van der Waals surface area contributed by atoms with Crippen molar-refractivity contribution in [1.82, 2.24) is 9.88 Å². The number of carbonyl (C=O) groups excluding carboxylic acids is 1. The first-order valence-electron chi connectivity index (χ1n) is 6.11. The number of hydrogen-bond acceptors (Lipinski definition) is 3. The van der Waals surface area contributed by atoms with E-state index in [0.717, 1.165) is 19.4 Å². The number of likely N-dealkylation sites (tertiary alicyclic amines) is 1. The average Bonchev–Trinajstić information content (AvgIpc) is 2.67. The zero-order valence-electron chi connectivity index (χ0n) is 11.0. The lowest BCUT2D eigenvalue weighted by atomic mass is 10.0. The highest BCUT2D eigenvalue weighted by Gasteiger charge is 2.35. The molecule has 0 radical (unpaired) electrons. The molecule has 5 heteroatoms. The van der Waals surface area contributed by atoms with Gasteiger partial charge in [0, 0.05) is 24.7 Å². The molecule has 18 heavy (non-hydrogen) atoms. The molecule has 0 unspecified atom stereocenters. The molecule has 0 atom stereocenters. The molecular formula is C13H18ClN3O. The van der Waals surface area contributed by atoms with E-state index in [1.54, 1.807) is 19.2 Å². The second-order valence-corrected chi connectivity index (χ2v) is 5.57. The molecule has 1 N–H and O–H groups in total. The predicted molar refractivity (Wildman–Crippen MR) is 73.1 cm³/mol. The molecule has 1 aliphatic heterocycles. The fraction of sp³-hybridized carbons (Fsp3) is 0.538. The quantitative estimate of drug-likeness (QED) is 0.838. The summed E-state index contributed by atoms with van der Waals surface area (Å²) in [6, 6.07) is 3.36. The number of carbonyl (C=O) groups is 1. The van der Waals surface area contributed by atoms with Crippen LogP contribution in [0.1, 0.15) is 37.0 Å². The summed E-state index contributed by atoms with van der Waals surface area (Å²) in [5.41, 5.74) is 0.515. The highest BCUT2D eigenvalue weighted by atomic mass is 35.5. The lowest BCUT2D eigenvalue weighted by molar-refractivity contribution is 0.0652.